The molecule has 1 fully saturated rings. The van der Waals surface area contributed by atoms with Crippen LogP contribution in [0.15, 0.2) is 17.5 Å². The SMILES string of the molecule is O=C(Cc1cccs1)N1CCC(CCl)C1. The van der Waals surface area contributed by atoms with Crippen molar-refractivity contribution in [3.05, 3.63) is 22.4 Å². The molecule has 4 heteroatoms. The standard InChI is InChI=1S/C11H14ClNOS/c12-7-9-3-4-13(8-9)11(14)6-10-2-1-5-15-10/h1-2,5,9H,3-4,6-8H2. The first-order valence-electron chi connectivity index (χ1n) is 5.15. The van der Waals surface area contributed by atoms with E-state index in [-0.39, 0.29) is 5.91 Å². The molecule has 0 bridgehead atoms. The lowest BCUT2D eigenvalue weighted by Gasteiger charge is -2.15. The maximum atomic E-state index is 11.9. The van der Waals surface area contributed by atoms with Crippen molar-refractivity contribution >= 4 is 28.8 Å². The van der Waals surface area contributed by atoms with Crippen molar-refractivity contribution < 1.29 is 4.79 Å². The second kappa shape index (κ2) is 4.99. The van der Waals surface area contributed by atoms with Gasteiger partial charge < -0.3 is 4.90 Å². The molecular formula is C11H14ClNOS. The van der Waals surface area contributed by atoms with Crippen LogP contribution in [0.2, 0.25) is 0 Å². The first kappa shape index (κ1) is 11.0. The van der Waals surface area contributed by atoms with Gasteiger partial charge in [0.1, 0.15) is 0 Å². The van der Waals surface area contributed by atoms with Crippen molar-refractivity contribution in [1.82, 2.24) is 4.90 Å². The van der Waals surface area contributed by atoms with E-state index in [1.165, 1.54) is 0 Å². The fraction of sp³-hybridized carbons (Fsp3) is 0.545. The minimum Gasteiger partial charge on any atom is -0.342 e. The molecule has 1 saturated heterocycles. The minimum atomic E-state index is 0.241. The number of alkyl halides is 1. The fourth-order valence-electron chi connectivity index (χ4n) is 1.86. The van der Waals surface area contributed by atoms with Gasteiger partial charge in [0, 0.05) is 23.8 Å². The highest BCUT2D eigenvalue weighted by Crippen LogP contribution is 2.19. The average molecular weight is 244 g/mol. The maximum Gasteiger partial charge on any atom is 0.227 e. The molecule has 1 amide bonds. The molecular weight excluding hydrogens is 230 g/mol. The minimum absolute atomic E-state index is 0.241. The molecule has 1 aliphatic rings. The Kier molecular flexibility index (Phi) is 3.65. The lowest BCUT2D eigenvalue weighted by Crippen LogP contribution is -2.30. The van der Waals surface area contributed by atoms with Crippen LogP contribution in [0, 0.1) is 5.92 Å². The van der Waals surface area contributed by atoms with Crippen LogP contribution in [0.25, 0.3) is 0 Å². The van der Waals surface area contributed by atoms with Gasteiger partial charge in [-0.3, -0.25) is 4.79 Å². The van der Waals surface area contributed by atoms with Gasteiger partial charge >= 0.3 is 0 Å². The predicted molar refractivity (Wildman–Crippen MR) is 63.4 cm³/mol. The molecule has 0 saturated carbocycles. The van der Waals surface area contributed by atoms with Crippen LogP contribution < -0.4 is 0 Å². The van der Waals surface area contributed by atoms with Gasteiger partial charge in [-0.2, -0.15) is 0 Å². The smallest absolute Gasteiger partial charge is 0.227 e. The maximum absolute atomic E-state index is 11.9. The Labute approximate surface area is 98.8 Å². The second-order valence-corrected chi connectivity index (χ2v) is 5.25. The quantitative estimate of drug-likeness (QED) is 0.747. The largest absolute Gasteiger partial charge is 0.342 e. The summed E-state index contributed by atoms with van der Waals surface area (Å²) in [7, 11) is 0. The Bertz CT molecular complexity index is 325. The van der Waals surface area contributed by atoms with Gasteiger partial charge in [-0.15, -0.1) is 22.9 Å². The summed E-state index contributed by atoms with van der Waals surface area (Å²) in [6, 6.07) is 4.00. The van der Waals surface area contributed by atoms with E-state index in [0.717, 1.165) is 24.4 Å². The van der Waals surface area contributed by atoms with E-state index in [2.05, 4.69) is 0 Å². The number of nitrogens with zero attached hydrogens (tertiary/aromatic N) is 1. The Balaban J connectivity index is 1.87. The van der Waals surface area contributed by atoms with Crippen LogP contribution in [0.3, 0.4) is 0 Å². The number of likely N-dealkylation sites (tertiary alicyclic amines) is 1. The molecule has 2 heterocycles. The fourth-order valence-corrected chi connectivity index (χ4v) is 2.81. The zero-order valence-electron chi connectivity index (χ0n) is 8.49. The van der Waals surface area contributed by atoms with Gasteiger partial charge in [0.2, 0.25) is 5.91 Å². The van der Waals surface area contributed by atoms with Crippen LogP contribution in [0.1, 0.15) is 11.3 Å². The second-order valence-electron chi connectivity index (χ2n) is 3.90. The Morgan fingerprint density at radius 1 is 1.67 bits per heavy atom. The van der Waals surface area contributed by atoms with Crippen molar-refractivity contribution in [2.24, 2.45) is 5.92 Å². The molecule has 2 nitrogen and oxygen atoms in total. The number of hydrogen-bond donors (Lipinski definition) is 0. The van der Waals surface area contributed by atoms with Crippen LogP contribution in [-0.2, 0) is 11.2 Å². The van der Waals surface area contributed by atoms with Gasteiger partial charge in [-0.25, -0.2) is 0 Å². The van der Waals surface area contributed by atoms with Crippen molar-refractivity contribution in [1.29, 1.82) is 0 Å². The van der Waals surface area contributed by atoms with Gasteiger partial charge in [0.05, 0.1) is 6.42 Å². The first-order valence-corrected chi connectivity index (χ1v) is 6.57. The number of carbonyl (C=O) groups is 1. The lowest BCUT2D eigenvalue weighted by atomic mass is 10.2. The van der Waals surface area contributed by atoms with Crippen LogP contribution in [0.4, 0.5) is 0 Å². The van der Waals surface area contributed by atoms with Crippen LogP contribution in [0.5, 0.6) is 0 Å². The van der Waals surface area contributed by atoms with E-state index in [0.29, 0.717) is 18.2 Å². The third kappa shape index (κ3) is 2.73. The van der Waals surface area contributed by atoms with Crippen molar-refractivity contribution in [2.75, 3.05) is 19.0 Å². The molecule has 1 aliphatic heterocycles. The Hall–Kier alpha value is -0.540. The highest BCUT2D eigenvalue weighted by atomic mass is 35.5. The number of rotatable bonds is 3. The molecule has 1 atom stereocenters. The van der Waals surface area contributed by atoms with Crippen molar-refractivity contribution in [3.8, 4) is 0 Å². The number of thiophene rings is 1. The molecule has 15 heavy (non-hydrogen) atoms. The number of amides is 1. The lowest BCUT2D eigenvalue weighted by molar-refractivity contribution is -0.129. The zero-order valence-corrected chi connectivity index (χ0v) is 10.1. The summed E-state index contributed by atoms with van der Waals surface area (Å²) < 4.78 is 0. The van der Waals surface area contributed by atoms with E-state index in [4.69, 9.17) is 11.6 Å². The first-order chi connectivity index (χ1) is 7.29. The van der Waals surface area contributed by atoms with Gasteiger partial charge in [-0.1, -0.05) is 6.07 Å². The topological polar surface area (TPSA) is 20.3 Å². The van der Waals surface area contributed by atoms with E-state index >= 15 is 0 Å². The van der Waals surface area contributed by atoms with E-state index in [1.807, 2.05) is 22.4 Å². The van der Waals surface area contributed by atoms with Crippen molar-refractivity contribution in [2.45, 2.75) is 12.8 Å². The zero-order chi connectivity index (χ0) is 10.7. The highest BCUT2D eigenvalue weighted by molar-refractivity contribution is 7.10. The van der Waals surface area contributed by atoms with E-state index < -0.39 is 0 Å². The van der Waals surface area contributed by atoms with Gasteiger partial charge in [0.15, 0.2) is 0 Å². The predicted octanol–water partition coefficient (Wildman–Crippen LogP) is 2.38. The summed E-state index contributed by atoms with van der Waals surface area (Å²) in [6.45, 7) is 1.72. The number of carbonyl (C=O) groups excluding carboxylic acids is 1. The normalized spacial score (nSPS) is 20.9. The summed E-state index contributed by atoms with van der Waals surface area (Å²) in [6.07, 6.45) is 1.60. The van der Waals surface area contributed by atoms with Crippen molar-refractivity contribution in [3.63, 3.8) is 0 Å². The third-order valence-electron chi connectivity index (χ3n) is 2.76. The summed E-state index contributed by atoms with van der Waals surface area (Å²) in [5.74, 6) is 1.41. The van der Waals surface area contributed by atoms with Gasteiger partial charge in [0.25, 0.3) is 0 Å². The Morgan fingerprint density at radius 2 is 2.53 bits per heavy atom. The summed E-state index contributed by atoms with van der Waals surface area (Å²) in [5.41, 5.74) is 0. The van der Waals surface area contributed by atoms with Crippen LogP contribution >= 0.6 is 22.9 Å². The van der Waals surface area contributed by atoms with E-state index in [1.54, 1.807) is 11.3 Å². The highest BCUT2D eigenvalue weighted by Gasteiger charge is 2.25. The van der Waals surface area contributed by atoms with Crippen LogP contribution in [-0.4, -0.2) is 29.8 Å². The average Bonchev–Trinajstić information content (AvgIpc) is 2.86. The molecule has 0 radical (unpaired) electrons. The molecule has 82 valence electrons. The number of hydrogen-bond acceptors (Lipinski definition) is 2. The summed E-state index contributed by atoms with van der Waals surface area (Å²) in [5, 5.41) is 2.01. The number of halogens is 1. The molecule has 0 spiro atoms. The molecule has 1 aromatic rings. The monoisotopic (exact) mass is 243 g/mol. The molecule has 0 aliphatic carbocycles. The molecule has 0 aromatic carbocycles. The third-order valence-corrected chi connectivity index (χ3v) is 4.08. The van der Waals surface area contributed by atoms with Gasteiger partial charge in [-0.05, 0) is 23.8 Å². The summed E-state index contributed by atoms with van der Waals surface area (Å²) >= 11 is 7.43. The molecule has 1 unspecified atom stereocenters. The molecule has 0 N–H and O–H groups in total. The molecule has 1 aromatic heterocycles. The summed E-state index contributed by atoms with van der Waals surface area (Å²) in [4.78, 5) is 14.9. The Morgan fingerprint density at radius 3 is 3.13 bits per heavy atom. The van der Waals surface area contributed by atoms with E-state index in [9.17, 15) is 4.79 Å². The molecule has 2 rings (SSSR count).